The van der Waals surface area contributed by atoms with Crippen molar-refractivity contribution >= 4 is 17.6 Å². The number of rotatable bonds is 5. The van der Waals surface area contributed by atoms with Crippen LogP contribution in [0.25, 0.3) is 0 Å². The Labute approximate surface area is 115 Å². The second kappa shape index (κ2) is 5.92. The van der Waals surface area contributed by atoms with Gasteiger partial charge in [-0.25, -0.2) is 0 Å². The highest BCUT2D eigenvalue weighted by molar-refractivity contribution is 6.02. The van der Waals surface area contributed by atoms with Crippen LogP contribution < -0.4 is 15.2 Å². The number of nitrogens with one attached hydrogen (secondary N) is 1. The van der Waals surface area contributed by atoms with Crippen LogP contribution in [0.4, 0.5) is 5.69 Å². The van der Waals surface area contributed by atoms with E-state index in [-0.39, 0.29) is 11.7 Å². The smallest absolute Gasteiger partial charge is 0.291 e. The summed E-state index contributed by atoms with van der Waals surface area (Å²) in [6, 6.07) is 8.00. The van der Waals surface area contributed by atoms with Gasteiger partial charge in [-0.1, -0.05) is 0 Å². The maximum absolute atomic E-state index is 11.8. The van der Waals surface area contributed by atoms with Crippen molar-refractivity contribution in [3.8, 4) is 5.75 Å². The molecule has 0 aliphatic heterocycles. The normalized spacial score (nSPS) is 10.1. The summed E-state index contributed by atoms with van der Waals surface area (Å²) < 4.78 is 9.97. The second-order valence-electron chi connectivity index (χ2n) is 4.07. The van der Waals surface area contributed by atoms with Gasteiger partial charge in [0.2, 0.25) is 0 Å². The van der Waals surface area contributed by atoms with E-state index in [9.17, 15) is 14.7 Å². The minimum Gasteiger partial charge on any atom is -0.546 e. The van der Waals surface area contributed by atoms with E-state index in [1.807, 2.05) is 0 Å². The molecule has 1 amide bonds. The molecule has 1 heterocycles. The summed E-state index contributed by atoms with van der Waals surface area (Å²) >= 11 is 0. The number of hydrogen-bond acceptors (Lipinski definition) is 5. The Bertz CT molecular complexity index is 618. The zero-order chi connectivity index (χ0) is 14.5. The Morgan fingerprint density at radius 2 is 2.15 bits per heavy atom. The van der Waals surface area contributed by atoms with Crippen LogP contribution in [0, 0.1) is 6.92 Å². The van der Waals surface area contributed by atoms with Gasteiger partial charge in [-0.05, 0) is 42.8 Å². The number of benzene rings is 1. The lowest BCUT2D eigenvalue weighted by atomic mass is 10.2. The first-order valence-corrected chi connectivity index (χ1v) is 5.84. The van der Waals surface area contributed by atoms with E-state index in [1.54, 1.807) is 37.3 Å². The van der Waals surface area contributed by atoms with Crippen molar-refractivity contribution in [3.63, 3.8) is 0 Å². The zero-order valence-corrected chi connectivity index (χ0v) is 10.7. The number of hydrogen-bond donors (Lipinski definition) is 1. The number of carbonyl (C=O) groups excluding carboxylic acids is 2. The predicted octanol–water partition coefficient (Wildman–Crippen LogP) is 0.969. The lowest BCUT2D eigenvalue weighted by molar-refractivity contribution is -0.307. The van der Waals surface area contributed by atoms with Crippen LogP contribution in [0.15, 0.2) is 41.0 Å². The summed E-state index contributed by atoms with van der Waals surface area (Å²) in [7, 11) is 0. The molecule has 0 saturated heterocycles. The third-order valence-corrected chi connectivity index (χ3v) is 2.55. The number of anilines is 1. The molecule has 2 aromatic rings. The number of ether oxygens (including phenoxy) is 1. The van der Waals surface area contributed by atoms with Crippen LogP contribution in [0.1, 0.15) is 16.1 Å². The first-order chi connectivity index (χ1) is 9.56. The lowest BCUT2D eigenvalue weighted by Crippen LogP contribution is -2.28. The molecule has 104 valence electrons. The molecular formula is C14H12NO5-. The lowest BCUT2D eigenvalue weighted by Gasteiger charge is -2.11. The van der Waals surface area contributed by atoms with Crippen LogP contribution in [-0.4, -0.2) is 18.5 Å². The number of aryl methyl sites for hydroxylation is 1. The van der Waals surface area contributed by atoms with Gasteiger partial charge in [0.15, 0.2) is 5.76 Å². The second-order valence-corrected chi connectivity index (χ2v) is 4.07. The third-order valence-electron chi connectivity index (χ3n) is 2.55. The summed E-state index contributed by atoms with van der Waals surface area (Å²) in [4.78, 5) is 22.1. The largest absolute Gasteiger partial charge is 0.546 e. The first-order valence-electron chi connectivity index (χ1n) is 5.84. The molecule has 6 heteroatoms. The van der Waals surface area contributed by atoms with Gasteiger partial charge >= 0.3 is 0 Å². The summed E-state index contributed by atoms with van der Waals surface area (Å²) in [5, 5.41) is 13.0. The average molecular weight is 274 g/mol. The maximum atomic E-state index is 11.8. The third kappa shape index (κ3) is 3.38. The molecule has 0 unspecified atom stereocenters. The highest BCUT2D eigenvalue weighted by Gasteiger charge is 2.10. The quantitative estimate of drug-likeness (QED) is 0.877. The molecule has 2 rings (SSSR count). The molecule has 0 atom stereocenters. The Hall–Kier alpha value is -2.76. The molecule has 1 N–H and O–H groups in total. The molecule has 20 heavy (non-hydrogen) atoms. The van der Waals surface area contributed by atoms with Crippen molar-refractivity contribution in [2.75, 3.05) is 11.9 Å². The van der Waals surface area contributed by atoms with Crippen molar-refractivity contribution in [2.24, 2.45) is 0 Å². The van der Waals surface area contributed by atoms with Gasteiger partial charge in [-0.3, -0.25) is 4.79 Å². The van der Waals surface area contributed by atoms with E-state index in [0.717, 1.165) is 5.56 Å². The fourth-order valence-corrected chi connectivity index (χ4v) is 1.60. The highest BCUT2D eigenvalue weighted by atomic mass is 16.5. The van der Waals surface area contributed by atoms with E-state index in [1.165, 1.54) is 6.26 Å². The molecular weight excluding hydrogens is 262 g/mol. The number of carboxylic acid groups (broad SMARTS) is 1. The summed E-state index contributed by atoms with van der Waals surface area (Å²) in [5.74, 6) is -1.05. The summed E-state index contributed by atoms with van der Waals surface area (Å²) in [5.41, 5.74) is 1.33. The monoisotopic (exact) mass is 274 g/mol. The molecule has 0 aliphatic carbocycles. The fraction of sp³-hybridized carbons (Fsp3) is 0.143. The number of carboxylic acids is 1. The SMILES string of the molecule is Cc1cc(OCC(=O)[O-])ccc1NC(=O)c1ccco1. The Morgan fingerprint density at radius 1 is 1.35 bits per heavy atom. The predicted molar refractivity (Wildman–Crippen MR) is 68.3 cm³/mol. The van der Waals surface area contributed by atoms with Gasteiger partial charge < -0.3 is 24.4 Å². The van der Waals surface area contributed by atoms with Gasteiger partial charge in [-0.2, -0.15) is 0 Å². The van der Waals surface area contributed by atoms with E-state index < -0.39 is 12.6 Å². The van der Waals surface area contributed by atoms with Gasteiger partial charge in [0, 0.05) is 5.69 Å². The van der Waals surface area contributed by atoms with Crippen LogP contribution in [0.5, 0.6) is 5.75 Å². The average Bonchev–Trinajstić information content (AvgIpc) is 2.93. The molecule has 0 saturated carbocycles. The Balaban J connectivity index is 2.06. The van der Waals surface area contributed by atoms with Gasteiger partial charge in [-0.15, -0.1) is 0 Å². The van der Waals surface area contributed by atoms with E-state index in [4.69, 9.17) is 9.15 Å². The number of carbonyl (C=O) groups is 2. The number of amides is 1. The van der Waals surface area contributed by atoms with E-state index >= 15 is 0 Å². The maximum Gasteiger partial charge on any atom is 0.291 e. The fourth-order valence-electron chi connectivity index (χ4n) is 1.60. The molecule has 0 aliphatic rings. The first kappa shape index (κ1) is 13.7. The topological polar surface area (TPSA) is 91.6 Å². The van der Waals surface area contributed by atoms with Gasteiger partial charge in [0.25, 0.3) is 5.91 Å². The summed E-state index contributed by atoms with van der Waals surface area (Å²) in [6.45, 7) is 1.25. The molecule has 0 radical (unpaired) electrons. The molecule has 0 bridgehead atoms. The van der Waals surface area contributed by atoms with Crippen molar-refractivity contribution < 1.29 is 23.8 Å². The van der Waals surface area contributed by atoms with Gasteiger partial charge in [0.1, 0.15) is 12.4 Å². The Kier molecular flexibility index (Phi) is 4.05. The van der Waals surface area contributed by atoms with Crippen LogP contribution >= 0.6 is 0 Å². The van der Waals surface area contributed by atoms with E-state index in [2.05, 4.69) is 5.32 Å². The molecule has 1 aromatic heterocycles. The zero-order valence-electron chi connectivity index (χ0n) is 10.7. The number of aliphatic carboxylic acids is 1. The minimum absolute atomic E-state index is 0.210. The molecule has 1 aromatic carbocycles. The van der Waals surface area contributed by atoms with Crippen molar-refractivity contribution in [1.82, 2.24) is 0 Å². The van der Waals surface area contributed by atoms with Gasteiger partial charge in [0.05, 0.1) is 12.2 Å². The van der Waals surface area contributed by atoms with Crippen LogP contribution in [0.3, 0.4) is 0 Å². The van der Waals surface area contributed by atoms with E-state index in [0.29, 0.717) is 11.4 Å². The Morgan fingerprint density at radius 3 is 2.75 bits per heavy atom. The molecule has 6 nitrogen and oxygen atoms in total. The van der Waals surface area contributed by atoms with Crippen molar-refractivity contribution in [1.29, 1.82) is 0 Å². The molecule has 0 spiro atoms. The minimum atomic E-state index is -1.29. The van der Waals surface area contributed by atoms with Crippen LogP contribution in [-0.2, 0) is 4.79 Å². The highest BCUT2D eigenvalue weighted by Crippen LogP contribution is 2.22. The van der Waals surface area contributed by atoms with Crippen molar-refractivity contribution in [3.05, 3.63) is 47.9 Å². The molecule has 0 fully saturated rings. The van der Waals surface area contributed by atoms with Crippen molar-refractivity contribution in [2.45, 2.75) is 6.92 Å². The number of furan rings is 1. The van der Waals surface area contributed by atoms with Crippen LogP contribution in [0.2, 0.25) is 0 Å². The standard InChI is InChI=1S/C14H13NO5/c1-9-7-10(20-8-13(16)17)4-5-11(9)15-14(18)12-3-2-6-19-12/h2-7H,8H2,1H3,(H,15,18)(H,16,17)/p-1. The summed E-state index contributed by atoms with van der Waals surface area (Å²) in [6.07, 6.45) is 1.42.